The number of hydrogen-bond donors (Lipinski definition) is 1. The predicted octanol–water partition coefficient (Wildman–Crippen LogP) is 3.93. The van der Waals surface area contributed by atoms with Crippen molar-refractivity contribution in [1.82, 2.24) is 9.97 Å². The van der Waals surface area contributed by atoms with Crippen LogP contribution in [0.2, 0.25) is 0 Å². The number of rotatable bonds is 5. The smallest absolute Gasteiger partial charge is 0.166 e. The van der Waals surface area contributed by atoms with Gasteiger partial charge < -0.3 is 14.6 Å². The van der Waals surface area contributed by atoms with Gasteiger partial charge in [-0.25, -0.2) is 4.98 Å². The fourth-order valence-corrected chi connectivity index (χ4v) is 3.31. The van der Waals surface area contributed by atoms with Gasteiger partial charge in [0.05, 0.1) is 12.6 Å². The minimum absolute atomic E-state index is 0.800. The summed E-state index contributed by atoms with van der Waals surface area (Å²) in [6.45, 7) is 0. The third kappa shape index (κ3) is 2.90. The highest BCUT2D eigenvalue weighted by Gasteiger charge is 2.09. The molecule has 3 aromatic rings. The summed E-state index contributed by atoms with van der Waals surface area (Å²) in [4.78, 5) is 10.1. The van der Waals surface area contributed by atoms with Crippen molar-refractivity contribution in [2.45, 2.75) is 10.9 Å². The van der Waals surface area contributed by atoms with E-state index in [2.05, 4.69) is 53.2 Å². The summed E-state index contributed by atoms with van der Waals surface area (Å²) in [6.07, 6.45) is 0. The number of nitrogens with zero attached hydrogens (tertiary/aromatic N) is 2. The van der Waals surface area contributed by atoms with E-state index in [1.165, 1.54) is 11.3 Å². The van der Waals surface area contributed by atoms with Gasteiger partial charge in [-0.2, -0.15) is 0 Å². The van der Waals surface area contributed by atoms with Crippen LogP contribution in [0.5, 0.6) is 5.75 Å². The maximum atomic E-state index is 5.36. The molecule has 0 aliphatic rings. The van der Waals surface area contributed by atoms with E-state index in [0.717, 1.165) is 27.7 Å². The molecule has 4 nitrogen and oxygen atoms in total. The SMILES string of the molecule is COc1cccc2[nH]c(SCc3ccccc3N(C)C)nc12. The molecule has 0 unspecified atom stereocenters. The van der Waals surface area contributed by atoms with Crippen LogP contribution in [-0.4, -0.2) is 31.2 Å². The number of nitrogens with one attached hydrogen (secondary N) is 1. The Bertz CT molecular complexity index is 782. The number of anilines is 1. The predicted molar refractivity (Wildman–Crippen MR) is 93.0 cm³/mol. The Hall–Kier alpha value is -2.14. The first kappa shape index (κ1) is 14.8. The lowest BCUT2D eigenvalue weighted by molar-refractivity contribution is 0.419. The van der Waals surface area contributed by atoms with Crippen molar-refractivity contribution in [3.8, 4) is 5.75 Å². The third-order valence-electron chi connectivity index (χ3n) is 3.51. The van der Waals surface area contributed by atoms with Crippen molar-refractivity contribution in [3.63, 3.8) is 0 Å². The van der Waals surface area contributed by atoms with E-state index in [0.29, 0.717) is 0 Å². The number of thioether (sulfide) groups is 1. The Morgan fingerprint density at radius 2 is 1.95 bits per heavy atom. The highest BCUT2D eigenvalue weighted by atomic mass is 32.2. The Morgan fingerprint density at radius 1 is 1.14 bits per heavy atom. The molecule has 5 heteroatoms. The molecule has 0 aliphatic carbocycles. The Labute approximate surface area is 134 Å². The molecule has 0 aliphatic heterocycles. The molecule has 0 saturated heterocycles. The Kier molecular flexibility index (Phi) is 4.24. The molecule has 1 aromatic heterocycles. The molecule has 0 fully saturated rings. The summed E-state index contributed by atoms with van der Waals surface area (Å²) >= 11 is 1.70. The first-order valence-electron chi connectivity index (χ1n) is 7.10. The van der Waals surface area contributed by atoms with Crippen molar-refractivity contribution in [1.29, 1.82) is 0 Å². The van der Waals surface area contributed by atoms with E-state index in [9.17, 15) is 0 Å². The number of aromatic amines is 1. The van der Waals surface area contributed by atoms with Crippen LogP contribution in [0.1, 0.15) is 5.56 Å². The second-order valence-corrected chi connectivity index (χ2v) is 6.17. The summed E-state index contributed by atoms with van der Waals surface area (Å²) in [6, 6.07) is 14.3. The van der Waals surface area contributed by atoms with Crippen molar-refractivity contribution >= 4 is 28.5 Å². The summed E-state index contributed by atoms with van der Waals surface area (Å²) < 4.78 is 5.36. The minimum Gasteiger partial charge on any atom is -0.494 e. The lowest BCUT2D eigenvalue weighted by atomic mass is 10.2. The molecule has 0 amide bonds. The highest BCUT2D eigenvalue weighted by Crippen LogP contribution is 2.30. The van der Waals surface area contributed by atoms with Crippen LogP contribution >= 0.6 is 11.8 Å². The van der Waals surface area contributed by atoms with Gasteiger partial charge in [-0.1, -0.05) is 36.0 Å². The van der Waals surface area contributed by atoms with E-state index in [-0.39, 0.29) is 0 Å². The molecule has 3 rings (SSSR count). The van der Waals surface area contributed by atoms with Crippen molar-refractivity contribution in [2.75, 3.05) is 26.1 Å². The molecule has 114 valence electrons. The van der Waals surface area contributed by atoms with Crippen LogP contribution in [0.4, 0.5) is 5.69 Å². The lowest BCUT2D eigenvalue weighted by Gasteiger charge is -2.16. The average Bonchev–Trinajstić information content (AvgIpc) is 2.96. The molecule has 22 heavy (non-hydrogen) atoms. The van der Waals surface area contributed by atoms with Crippen molar-refractivity contribution in [3.05, 3.63) is 48.0 Å². The zero-order valence-electron chi connectivity index (χ0n) is 13.0. The Morgan fingerprint density at radius 3 is 2.73 bits per heavy atom. The van der Waals surface area contributed by atoms with Crippen LogP contribution in [0, 0.1) is 0 Å². The second-order valence-electron chi connectivity index (χ2n) is 5.21. The van der Waals surface area contributed by atoms with Crippen LogP contribution in [0.15, 0.2) is 47.6 Å². The largest absolute Gasteiger partial charge is 0.494 e. The molecular formula is C17H19N3OS. The molecule has 0 radical (unpaired) electrons. The zero-order valence-corrected chi connectivity index (χ0v) is 13.8. The van der Waals surface area contributed by atoms with Crippen LogP contribution in [0.3, 0.4) is 0 Å². The number of methoxy groups -OCH3 is 1. The van der Waals surface area contributed by atoms with E-state index in [1.807, 2.05) is 18.2 Å². The van der Waals surface area contributed by atoms with Gasteiger partial charge in [-0.15, -0.1) is 0 Å². The number of imidazole rings is 1. The fraction of sp³-hybridized carbons (Fsp3) is 0.235. The topological polar surface area (TPSA) is 41.1 Å². The van der Waals surface area contributed by atoms with Gasteiger partial charge >= 0.3 is 0 Å². The lowest BCUT2D eigenvalue weighted by Crippen LogP contribution is -2.10. The standard InChI is InChI=1S/C17H19N3OS/c1-20(2)14-9-5-4-7-12(14)11-22-17-18-13-8-6-10-15(21-3)16(13)19-17/h4-10H,11H2,1-3H3,(H,18,19). The molecule has 0 saturated carbocycles. The molecule has 0 spiro atoms. The van der Waals surface area contributed by atoms with E-state index >= 15 is 0 Å². The van der Waals surface area contributed by atoms with Gasteiger partial charge in [0.2, 0.25) is 0 Å². The second kappa shape index (κ2) is 6.32. The molecule has 0 bridgehead atoms. The van der Waals surface area contributed by atoms with E-state index in [4.69, 9.17) is 4.74 Å². The minimum atomic E-state index is 0.800. The number of H-pyrrole nitrogens is 1. The number of aromatic nitrogens is 2. The van der Waals surface area contributed by atoms with Gasteiger partial charge in [0.1, 0.15) is 11.3 Å². The van der Waals surface area contributed by atoms with Gasteiger partial charge in [-0.3, -0.25) is 0 Å². The first-order chi connectivity index (χ1) is 10.7. The summed E-state index contributed by atoms with van der Waals surface area (Å²) in [5, 5.41) is 0.910. The summed E-state index contributed by atoms with van der Waals surface area (Å²) in [7, 11) is 5.80. The van der Waals surface area contributed by atoms with E-state index in [1.54, 1.807) is 18.9 Å². The van der Waals surface area contributed by atoms with Crippen LogP contribution < -0.4 is 9.64 Å². The quantitative estimate of drug-likeness (QED) is 0.725. The van der Waals surface area contributed by atoms with Gasteiger partial charge in [0.25, 0.3) is 0 Å². The molecular weight excluding hydrogens is 294 g/mol. The normalized spacial score (nSPS) is 10.9. The average molecular weight is 313 g/mol. The monoisotopic (exact) mass is 313 g/mol. The zero-order chi connectivity index (χ0) is 15.5. The number of para-hydroxylation sites is 2. The van der Waals surface area contributed by atoms with Crippen molar-refractivity contribution in [2.24, 2.45) is 0 Å². The number of ether oxygens (including phenoxy) is 1. The number of hydrogen-bond acceptors (Lipinski definition) is 4. The maximum absolute atomic E-state index is 5.36. The number of benzene rings is 2. The van der Waals surface area contributed by atoms with Crippen LogP contribution in [-0.2, 0) is 5.75 Å². The van der Waals surface area contributed by atoms with Gasteiger partial charge in [0.15, 0.2) is 5.16 Å². The third-order valence-corrected chi connectivity index (χ3v) is 4.43. The summed E-state index contributed by atoms with van der Waals surface area (Å²) in [5.41, 5.74) is 4.42. The maximum Gasteiger partial charge on any atom is 0.166 e. The van der Waals surface area contributed by atoms with E-state index < -0.39 is 0 Å². The molecule has 2 aromatic carbocycles. The molecule has 0 atom stereocenters. The fourth-order valence-electron chi connectivity index (χ4n) is 2.43. The molecule has 1 heterocycles. The number of fused-ring (bicyclic) bond motifs is 1. The summed E-state index contributed by atoms with van der Waals surface area (Å²) in [5.74, 6) is 1.67. The molecule has 1 N–H and O–H groups in total. The van der Waals surface area contributed by atoms with Gasteiger partial charge in [-0.05, 0) is 23.8 Å². The van der Waals surface area contributed by atoms with Crippen molar-refractivity contribution < 1.29 is 4.74 Å². The van der Waals surface area contributed by atoms with Crippen LogP contribution in [0.25, 0.3) is 11.0 Å². The van der Waals surface area contributed by atoms with Gasteiger partial charge in [0, 0.05) is 25.5 Å². The Balaban J connectivity index is 1.83. The first-order valence-corrected chi connectivity index (χ1v) is 8.08. The highest BCUT2D eigenvalue weighted by molar-refractivity contribution is 7.98.